The Morgan fingerprint density at radius 1 is 1.37 bits per heavy atom. The molecular formula is C16H13N5O4S2. The number of thiophene rings is 1. The normalized spacial score (nSPS) is 10.7. The maximum absolute atomic E-state index is 11.5. The van der Waals surface area contributed by atoms with Gasteiger partial charge in [-0.25, -0.2) is 9.78 Å². The molecule has 3 aromatic rings. The van der Waals surface area contributed by atoms with Crippen molar-refractivity contribution < 1.29 is 14.5 Å². The molecule has 138 valence electrons. The first kappa shape index (κ1) is 18.5. The van der Waals surface area contributed by atoms with Gasteiger partial charge in [0, 0.05) is 17.7 Å². The lowest BCUT2D eigenvalue weighted by Crippen LogP contribution is -2.10. The molecule has 0 fully saturated rings. The standard InChI is InChI=1S/C16H13N5O4S2/c1-25-16(22)19-14-13(12-6-3-7-26-12)18-15(27-14)20-17-9-10-4-2-5-11(8-10)21(23)24/h2-9H,1H3,(H,18,20)(H,19,22). The summed E-state index contributed by atoms with van der Waals surface area (Å²) in [4.78, 5) is 27.2. The Morgan fingerprint density at radius 2 is 2.22 bits per heavy atom. The monoisotopic (exact) mass is 403 g/mol. The lowest BCUT2D eigenvalue weighted by atomic mass is 10.2. The van der Waals surface area contributed by atoms with E-state index in [2.05, 4.69) is 25.6 Å². The number of methoxy groups -OCH3 is 1. The van der Waals surface area contributed by atoms with Crippen LogP contribution in [0.2, 0.25) is 0 Å². The molecular weight excluding hydrogens is 390 g/mol. The number of amides is 1. The second-order valence-corrected chi connectivity index (χ2v) is 6.96. The van der Waals surface area contributed by atoms with Crippen molar-refractivity contribution in [3.05, 3.63) is 57.5 Å². The van der Waals surface area contributed by atoms with E-state index < -0.39 is 11.0 Å². The number of anilines is 2. The summed E-state index contributed by atoms with van der Waals surface area (Å²) in [5.74, 6) is 0. The van der Waals surface area contributed by atoms with Crippen molar-refractivity contribution >= 4 is 50.8 Å². The number of carbonyl (C=O) groups excluding carboxylic acids is 1. The Balaban J connectivity index is 1.79. The number of carbonyl (C=O) groups is 1. The number of hydrazone groups is 1. The number of hydrogen-bond donors (Lipinski definition) is 2. The van der Waals surface area contributed by atoms with E-state index in [1.165, 1.54) is 48.1 Å². The van der Waals surface area contributed by atoms with Crippen LogP contribution < -0.4 is 10.7 Å². The molecule has 0 radical (unpaired) electrons. The third kappa shape index (κ3) is 4.65. The lowest BCUT2D eigenvalue weighted by Gasteiger charge is -2.01. The first-order valence-electron chi connectivity index (χ1n) is 7.50. The van der Waals surface area contributed by atoms with Crippen LogP contribution in [0.25, 0.3) is 10.6 Å². The number of hydrogen-bond acceptors (Lipinski definition) is 9. The van der Waals surface area contributed by atoms with Gasteiger partial charge in [-0.15, -0.1) is 11.3 Å². The number of aromatic nitrogens is 1. The minimum atomic E-state index is -0.594. The van der Waals surface area contributed by atoms with Crippen LogP contribution in [-0.4, -0.2) is 29.3 Å². The zero-order chi connectivity index (χ0) is 19.2. The number of non-ortho nitro benzene ring substituents is 1. The maximum Gasteiger partial charge on any atom is 0.412 e. The number of nitrogens with zero attached hydrogens (tertiary/aromatic N) is 3. The molecule has 1 aromatic carbocycles. The van der Waals surface area contributed by atoms with Gasteiger partial charge in [0.25, 0.3) is 5.69 Å². The summed E-state index contributed by atoms with van der Waals surface area (Å²) in [6, 6.07) is 9.86. The molecule has 0 saturated carbocycles. The number of nitro benzene ring substituents is 1. The van der Waals surface area contributed by atoms with Crippen molar-refractivity contribution in [3.8, 4) is 10.6 Å². The van der Waals surface area contributed by atoms with Gasteiger partial charge >= 0.3 is 6.09 Å². The summed E-state index contributed by atoms with van der Waals surface area (Å²) in [7, 11) is 1.28. The second-order valence-electron chi connectivity index (χ2n) is 5.01. The predicted octanol–water partition coefficient (Wildman–Crippen LogP) is 4.40. The molecule has 0 aliphatic heterocycles. The van der Waals surface area contributed by atoms with Crippen LogP contribution >= 0.6 is 22.7 Å². The van der Waals surface area contributed by atoms with E-state index in [0.29, 0.717) is 21.4 Å². The molecule has 0 atom stereocenters. The van der Waals surface area contributed by atoms with Gasteiger partial charge in [0.15, 0.2) is 0 Å². The molecule has 3 rings (SSSR count). The van der Waals surface area contributed by atoms with Crippen LogP contribution in [0.1, 0.15) is 5.56 Å². The van der Waals surface area contributed by atoms with Crippen LogP contribution in [0.3, 0.4) is 0 Å². The second kappa shape index (κ2) is 8.38. The maximum atomic E-state index is 11.5. The highest BCUT2D eigenvalue weighted by atomic mass is 32.1. The highest BCUT2D eigenvalue weighted by Crippen LogP contribution is 2.38. The van der Waals surface area contributed by atoms with Crippen molar-refractivity contribution in [1.82, 2.24) is 4.98 Å². The average Bonchev–Trinajstić information content (AvgIpc) is 3.31. The lowest BCUT2D eigenvalue weighted by molar-refractivity contribution is -0.384. The van der Waals surface area contributed by atoms with Crippen molar-refractivity contribution in [2.45, 2.75) is 0 Å². The molecule has 2 N–H and O–H groups in total. The Bertz CT molecular complexity index is 985. The molecule has 0 aliphatic rings. The Labute approximate surface area is 161 Å². The summed E-state index contributed by atoms with van der Waals surface area (Å²) in [6.07, 6.45) is 0.857. The fraction of sp³-hybridized carbons (Fsp3) is 0.0625. The summed E-state index contributed by atoms with van der Waals surface area (Å²) >= 11 is 2.68. The highest BCUT2D eigenvalue weighted by Gasteiger charge is 2.16. The molecule has 0 aliphatic carbocycles. The van der Waals surface area contributed by atoms with Crippen molar-refractivity contribution in [2.75, 3.05) is 17.9 Å². The summed E-state index contributed by atoms with van der Waals surface area (Å²) in [5, 5.41) is 20.4. The quantitative estimate of drug-likeness (QED) is 0.358. The van der Waals surface area contributed by atoms with E-state index in [9.17, 15) is 14.9 Å². The molecule has 0 spiro atoms. The zero-order valence-corrected chi connectivity index (χ0v) is 15.5. The van der Waals surface area contributed by atoms with E-state index in [4.69, 9.17) is 0 Å². The number of thiazole rings is 1. The molecule has 11 heteroatoms. The molecule has 0 saturated heterocycles. The van der Waals surface area contributed by atoms with Gasteiger partial charge in [-0.2, -0.15) is 5.10 Å². The van der Waals surface area contributed by atoms with Crippen LogP contribution in [-0.2, 0) is 4.74 Å². The van der Waals surface area contributed by atoms with Gasteiger partial charge in [-0.3, -0.25) is 20.9 Å². The molecule has 27 heavy (non-hydrogen) atoms. The Morgan fingerprint density at radius 3 is 2.93 bits per heavy atom. The van der Waals surface area contributed by atoms with E-state index in [1.807, 2.05) is 17.5 Å². The van der Waals surface area contributed by atoms with E-state index in [0.717, 1.165) is 4.88 Å². The van der Waals surface area contributed by atoms with Gasteiger partial charge in [-0.1, -0.05) is 29.5 Å². The number of ether oxygens (including phenoxy) is 1. The van der Waals surface area contributed by atoms with E-state index in [1.54, 1.807) is 12.1 Å². The molecule has 2 heterocycles. The van der Waals surface area contributed by atoms with Crippen molar-refractivity contribution in [3.63, 3.8) is 0 Å². The van der Waals surface area contributed by atoms with E-state index in [-0.39, 0.29) is 5.69 Å². The molecule has 0 unspecified atom stereocenters. The SMILES string of the molecule is COC(=O)Nc1sc(NN=Cc2cccc([N+](=O)[O-])c2)nc1-c1cccs1. The van der Waals surface area contributed by atoms with E-state index >= 15 is 0 Å². The number of benzene rings is 1. The third-order valence-corrected chi connectivity index (χ3v) is 4.99. The fourth-order valence-electron chi connectivity index (χ4n) is 2.06. The smallest absolute Gasteiger partial charge is 0.412 e. The fourth-order valence-corrected chi connectivity index (χ4v) is 3.66. The minimum Gasteiger partial charge on any atom is -0.453 e. The van der Waals surface area contributed by atoms with Crippen molar-refractivity contribution in [1.29, 1.82) is 0 Å². The molecule has 0 bridgehead atoms. The van der Waals surface area contributed by atoms with Gasteiger partial charge in [0.1, 0.15) is 10.7 Å². The Hall–Kier alpha value is -3.31. The molecule has 2 aromatic heterocycles. The van der Waals surface area contributed by atoms with Gasteiger partial charge < -0.3 is 4.74 Å². The van der Waals surface area contributed by atoms with Crippen LogP contribution in [0.5, 0.6) is 0 Å². The molecule has 9 nitrogen and oxygen atoms in total. The number of nitro groups is 1. The first-order valence-corrected chi connectivity index (χ1v) is 9.19. The topological polar surface area (TPSA) is 119 Å². The summed E-state index contributed by atoms with van der Waals surface area (Å²) in [6.45, 7) is 0. The summed E-state index contributed by atoms with van der Waals surface area (Å²) < 4.78 is 4.63. The number of nitrogens with one attached hydrogen (secondary N) is 2. The van der Waals surface area contributed by atoms with Crippen LogP contribution in [0.4, 0.5) is 20.6 Å². The van der Waals surface area contributed by atoms with Crippen molar-refractivity contribution in [2.24, 2.45) is 5.10 Å². The third-order valence-electron chi connectivity index (χ3n) is 3.24. The van der Waals surface area contributed by atoms with Gasteiger partial charge in [0.05, 0.1) is 23.1 Å². The zero-order valence-electron chi connectivity index (χ0n) is 13.9. The Kier molecular flexibility index (Phi) is 5.74. The predicted molar refractivity (Wildman–Crippen MR) is 106 cm³/mol. The van der Waals surface area contributed by atoms with Gasteiger partial charge in [0.2, 0.25) is 5.13 Å². The minimum absolute atomic E-state index is 0.0160. The summed E-state index contributed by atoms with van der Waals surface area (Å²) in [5.41, 5.74) is 3.93. The highest BCUT2D eigenvalue weighted by molar-refractivity contribution is 7.21. The van der Waals surface area contributed by atoms with Gasteiger partial charge in [-0.05, 0) is 11.4 Å². The van der Waals surface area contributed by atoms with Crippen LogP contribution in [0, 0.1) is 10.1 Å². The largest absolute Gasteiger partial charge is 0.453 e. The average molecular weight is 403 g/mol. The first-order chi connectivity index (χ1) is 13.1. The molecule has 1 amide bonds. The van der Waals surface area contributed by atoms with Crippen LogP contribution in [0.15, 0.2) is 46.9 Å². The number of rotatable bonds is 6.